The molecule has 0 radical (unpaired) electrons. The minimum atomic E-state index is -0.0875. The number of aromatic nitrogens is 3. The quantitative estimate of drug-likeness (QED) is 0.171. The van der Waals surface area contributed by atoms with Crippen molar-refractivity contribution in [2.75, 3.05) is 57.7 Å². The number of H-pyrrole nitrogens is 1. The summed E-state index contributed by atoms with van der Waals surface area (Å²) in [4.78, 5) is 34.5. The highest BCUT2D eigenvalue weighted by Crippen LogP contribution is 2.43. The number of fused-ring (bicyclic) bond motifs is 2. The van der Waals surface area contributed by atoms with Crippen molar-refractivity contribution in [1.82, 2.24) is 24.8 Å². The number of benzene rings is 3. The fourth-order valence-corrected chi connectivity index (χ4v) is 7.07. The van der Waals surface area contributed by atoms with Crippen LogP contribution in [0.1, 0.15) is 21.5 Å². The summed E-state index contributed by atoms with van der Waals surface area (Å²) < 4.78 is 11.1. The summed E-state index contributed by atoms with van der Waals surface area (Å²) in [5.74, 6) is 1.92. The van der Waals surface area contributed by atoms with Gasteiger partial charge in [-0.1, -0.05) is 48.5 Å². The number of carbonyl (C=O) groups excluding carboxylic acids is 1. The molecule has 0 saturated carbocycles. The van der Waals surface area contributed by atoms with E-state index >= 15 is 0 Å². The van der Waals surface area contributed by atoms with Gasteiger partial charge >= 0.3 is 0 Å². The van der Waals surface area contributed by atoms with Crippen LogP contribution in [0.4, 0.5) is 17.2 Å². The second-order valence-electron chi connectivity index (χ2n) is 12.8. The maximum Gasteiger partial charge on any atom is 0.257 e. The first-order valence-electron chi connectivity index (χ1n) is 16.9. The fraction of sp³-hybridized carbons (Fsp3) is 0.225. The molecule has 0 unspecified atom stereocenters. The highest BCUT2D eigenvalue weighted by molar-refractivity contribution is 6.08. The van der Waals surface area contributed by atoms with E-state index < -0.39 is 0 Å². The summed E-state index contributed by atoms with van der Waals surface area (Å²) in [5.41, 5.74) is 8.80. The van der Waals surface area contributed by atoms with Crippen LogP contribution in [-0.4, -0.2) is 78.1 Å². The van der Waals surface area contributed by atoms with Gasteiger partial charge in [0.25, 0.3) is 5.91 Å². The molecule has 10 nitrogen and oxygen atoms in total. The van der Waals surface area contributed by atoms with Gasteiger partial charge in [-0.25, -0.2) is 4.98 Å². The smallest absolute Gasteiger partial charge is 0.257 e. The van der Waals surface area contributed by atoms with E-state index in [0.717, 1.165) is 76.4 Å². The Morgan fingerprint density at radius 3 is 2.40 bits per heavy atom. The molecule has 1 amide bonds. The van der Waals surface area contributed by atoms with Crippen molar-refractivity contribution in [2.24, 2.45) is 0 Å². The number of para-hydroxylation sites is 1. The monoisotopic (exact) mass is 665 g/mol. The summed E-state index contributed by atoms with van der Waals surface area (Å²) in [5, 5.41) is 4.54. The van der Waals surface area contributed by atoms with Crippen LogP contribution in [0.2, 0.25) is 0 Å². The van der Waals surface area contributed by atoms with Crippen LogP contribution < -0.4 is 19.7 Å². The number of aromatic amines is 1. The minimum Gasteiger partial charge on any atom is -0.497 e. The second-order valence-corrected chi connectivity index (χ2v) is 12.8. The van der Waals surface area contributed by atoms with E-state index in [4.69, 9.17) is 19.4 Å². The Morgan fingerprint density at radius 1 is 0.840 bits per heavy atom. The average molecular weight is 666 g/mol. The topological polar surface area (TPSA) is 98.9 Å². The molecule has 6 aromatic rings. The van der Waals surface area contributed by atoms with E-state index in [9.17, 15) is 4.79 Å². The second kappa shape index (κ2) is 13.2. The number of anilines is 3. The van der Waals surface area contributed by atoms with Gasteiger partial charge in [0.15, 0.2) is 0 Å². The molecule has 50 heavy (non-hydrogen) atoms. The van der Waals surface area contributed by atoms with Crippen molar-refractivity contribution < 1.29 is 14.3 Å². The largest absolute Gasteiger partial charge is 0.497 e. The first-order valence-corrected chi connectivity index (χ1v) is 16.9. The summed E-state index contributed by atoms with van der Waals surface area (Å²) >= 11 is 0. The molecule has 3 aromatic carbocycles. The zero-order valence-corrected chi connectivity index (χ0v) is 28.4. The summed E-state index contributed by atoms with van der Waals surface area (Å²) in [6.45, 7) is 4.70. The third-order valence-corrected chi connectivity index (χ3v) is 9.77. The van der Waals surface area contributed by atoms with Crippen LogP contribution in [0.3, 0.4) is 0 Å². The van der Waals surface area contributed by atoms with Crippen LogP contribution in [0.25, 0.3) is 33.4 Å². The summed E-state index contributed by atoms with van der Waals surface area (Å²) in [7, 11) is 5.41. The van der Waals surface area contributed by atoms with Crippen molar-refractivity contribution >= 4 is 34.0 Å². The number of pyridine rings is 2. The molecule has 0 aliphatic carbocycles. The number of methoxy groups -OCH3 is 2. The van der Waals surface area contributed by atoms with Gasteiger partial charge < -0.3 is 34.5 Å². The Bertz CT molecular complexity index is 2170. The van der Waals surface area contributed by atoms with E-state index in [1.165, 1.54) is 0 Å². The molecule has 3 aromatic heterocycles. The number of carbonyl (C=O) groups is 1. The summed E-state index contributed by atoms with van der Waals surface area (Å²) in [6, 6.07) is 28.3. The number of hydrogen-bond donors (Lipinski definition) is 2. The predicted octanol–water partition coefficient (Wildman–Crippen LogP) is 6.96. The van der Waals surface area contributed by atoms with Gasteiger partial charge in [-0.2, -0.15) is 0 Å². The first-order chi connectivity index (χ1) is 24.5. The van der Waals surface area contributed by atoms with Crippen LogP contribution in [-0.2, 0) is 13.1 Å². The average Bonchev–Trinajstić information content (AvgIpc) is 3.70. The van der Waals surface area contributed by atoms with Crippen LogP contribution in [0, 0.1) is 0 Å². The standard InChI is InChI=1S/C40H39N7O3/c1-45-17-19-46(20-18-45)28-14-16-35(41-22-28)43-33-23-42-38(39-36(26-9-5-4-6-10-26)30-11-7-8-12-32(30)44-39)31-25-47(40(48)37(31)33)24-27-13-15-29(49-2)21-34(27)50-3/h4-16,21-23,44H,17-20,24-25H2,1-3H3,(H,41,43). The maximum absolute atomic E-state index is 14.5. The van der Waals surface area contributed by atoms with E-state index in [1.807, 2.05) is 65.7 Å². The highest BCUT2D eigenvalue weighted by atomic mass is 16.5. The zero-order chi connectivity index (χ0) is 34.2. The van der Waals surface area contributed by atoms with Crippen molar-refractivity contribution in [3.63, 3.8) is 0 Å². The Balaban J connectivity index is 1.20. The fourth-order valence-electron chi connectivity index (χ4n) is 7.07. The van der Waals surface area contributed by atoms with E-state index in [0.29, 0.717) is 41.7 Å². The molecule has 2 aliphatic rings. The summed E-state index contributed by atoms with van der Waals surface area (Å²) in [6.07, 6.45) is 3.66. The molecule has 2 aliphatic heterocycles. The Morgan fingerprint density at radius 2 is 1.64 bits per heavy atom. The lowest BCUT2D eigenvalue weighted by Gasteiger charge is -2.33. The predicted molar refractivity (Wildman–Crippen MR) is 197 cm³/mol. The molecule has 10 heteroatoms. The van der Waals surface area contributed by atoms with Gasteiger partial charge in [0.2, 0.25) is 0 Å². The van der Waals surface area contributed by atoms with Crippen molar-refractivity contribution in [1.29, 1.82) is 0 Å². The zero-order valence-electron chi connectivity index (χ0n) is 28.4. The Hall–Kier alpha value is -5.87. The molecule has 1 saturated heterocycles. The van der Waals surface area contributed by atoms with Crippen molar-refractivity contribution in [2.45, 2.75) is 13.1 Å². The molecule has 8 rings (SSSR count). The van der Waals surface area contributed by atoms with Gasteiger partial charge in [-0.15, -0.1) is 0 Å². The maximum atomic E-state index is 14.5. The molecular weight excluding hydrogens is 626 g/mol. The van der Waals surface area contributed by atoms with Crippen LogP contribution in [0.15, 0.2) is 97.3 Å². The number of rotatable bonds is 9. The van der Waals surface area contributed by atoms with Gasteiger partial charge in [0.1, 0.15) is 17.3 Å². The lowest BCUT2D eigenvalue weighted by Crippen LogP contribution is -2.44. The van der Waals surface area contributed by atoms with Crippen molar-refractivity contribution in [3.8, 4) is 34.0 Å². The molecule has 0 bridgehead atoms. The van der Waals surface area contributed by atoms with Crippen LogP contribution >= 0.6 is 0 Å². The lowest BCUT2D eigenvalue weighted by atomic mass is 9.97. The molecular formula is C40H39N7O3. The SMILES string of the molecule is COc1ccc(CN2Cc3c(-c4[nH]c5ccccc5c4-c4ccccc4)ncc(Nc4ccc(N5CCN(C)CC5)cn4)c3C2=O)c(OC)c1. The first kappa shape index (κ1) is 31.4. The van der Waals surface area contributed by atoms with Crippen molar-refractivity contribution in [3.05, 3.63) is 114 Å². The van der Waals surface area contributed by atoms with Crippen LogP contribution in [0.5, 0.6) is 11.5 Å². The molecule has 252 valence electrons. The number of hydrogen-bond acceptors (Lipinski definition) is 8. The third-order valence-electron chi connectivity index (χ3n) is 9.77. The van der Waals surface area contributed by atoms with E-state index in [2.05, 4.69) is 57.5 Å². The lowest BCUT2D eigenvalue weighted by molar-refractivity contribution is 0.0766. The number of nitrogens with zero attached hydrogens (tertiary/aromatic N) is 5. The molecule has 0 atom stereocenters. The van der Waals surface area contributed by atoms with Gasteiger partial charge in [-0.05, 0) is 42.9 Å². The highest BCUT2D eigenvalue weighted by Gasteiger charge is 2.35. The number of likely N-dealkylation sites (N-methyl/N-ethyl adjacent to an activating group) is 1. The number of nitrogens with one attached hydrogen (secondary N) is 2. The normalized spacial score (nSPS) is 14.7. The minimum absolute atomic E-state index is 0.0875. The van der Waals surface area contributed by atoms with Gasteiger partial charge in [0.05, 0.1) is 54.9 Å². The van der Waals surface area contributed by atoms with Gasteiger partial charge in [-0.3, -0.25) is 9.78 Å². The Kier molecular flexibility index (Phi) is 8.30. The Labute approximate surface area is 291 Å². The third kappa shape index (κ3) is 5.77. The van der Waals surface area contributed by atoms with E-state index in [1.54, 1.807) is 20.4 Å². The number of ether oxygens (including phenoxy) is 2. The molecule has 2 N–H and O–H groups in total. The number of piperazine rings is 1. The molecule has 5 heterocycles. The van der Waals surface area contributed by atoms with E-state index in [-0.39, 0.29) is 5.91 Å². The molecule has 0 spiro atoms. The molecule has 1 fully saturated rings. The van der Waals surface area contributed by atoms with Gasteiger partial charge in [0, 0.05) is 72.9 Å². The number of amides is 1.